The predicted molar refractivity (Wildman–Crippen MR) is 74.5 cm³/mol. The fourth-order valence-corrected chi connectivity index (χ4v) is 2.13. The minimum Gasteiger partial charge on any atom is -0.336 e. The number of piperazine rings is 1. The van der Waals surface area contributed by atoms with Crippen molar-refractivity contribution in [2.45, 2.75) is 6.92 Å². The Morgan fingerprint density at radius 2 is 1.79 bits per heavy atom. The van der Waals surface area contributed by atoms with Gasteiger partial charge >= 0.3 is 0 Å². The van der Waals surface area contributed by atoms with Crippen LogP contribution in [-0.4, -0.2) is 42.8 Å². The molecular formula is C15H18N2O2. The van der Waals surface area contributed by atoms with Gasteiger partial charge in [0.2, 0.25) is 0 Å². The molecule has 0 saturated carbocycles. The summed E-state index contributed by atoms with van der Waals surface area (Å²) in [6, 6.07) is 9.34. The van der Waals surface area contributed by atoms with Crippen LogP contribution in [0.15, 0.2) is 36.4 Å². The molecule has 0 unspecified atom stereocenters. The van der Waals surface area contributed by atoms with Crippen LogP contribution >= 0.6 is 0 Å². The molecule has 1 aromatic carbocycles. The number of amides is 1. The van der Waals surface area contributed by atoms with Crippen molar-refractivity contribution in [3.63, 3.8) is 0 Å². The Morgan fingerprint density at radius 1 is 1.16 bits per heavy atom. The van der Waals surface area contributed by atoms with E-state index in [0.29, 0.717) is 18.7 Å². The molecular weight excluding hydrogens is 240 g/mol. The maximum atomic E-state index is 12.5. The molecule has 1 fully saturated rings. The number of ketones is 1. The third-order valence-electron chi connectivity index (χ3n) is 3.07. The van der Waals surface area contributed by atoms with Crippen LogP contribution in [0.4, 0.5) is 0 Å². The molecule has 1 heterocycles. The van der Waals surface area contributed by atoms with Crippen LogP contribution in [0.1, 0.15) is 12.5 Å². The Labute approximate surface area is 113 Å². The Bertz CT molecular complexity index is 488. The molecule has 0 spiro atoms. The highest BCUT2D eigenvalue weighted by Crippen LogP contribution is 2.17. The summed E-state index contributed by atoms with van der Waals surface area (Å²) in [5, 5.41) is 3.21. The van der Waals surface area contributed by atoms with E-state index in [1.807, 2.05) is 30.3 Å². The summed E-state index contributed by atoms with van der Waals surface area (Å²) < 4.78 is 0. The second-order valence-electron chi connectivity index (χ2n) is 4.58. The number of nitrogens with zero attached hydrogens (tertiary/aromatic N) is 1. The number of hydrogen-bond acceptors (Lipinski definition) is 3. The molecule has 1 aliphatic rings. The lowest BCUT2D eigenvalue weighted by Crippen LogP contribution is -2.46. The lowest BCUT2D eigenvalue weighted by molar-refractivity contribution is -0.125. The van der Waals surface area contributed by atoms with Crippen molar-refractivity contribution in [1.82, 2.24) is 10.2 Å². The molecule has 4 nitrogen and oxygen atoms in total. The normalized spacial score (nSPS) is 16.3. The summed E-state index contributed by atoms with van der Waals surface area (Å²) in [6.07, 6.45) is 1.43. The average molecular weight is 258 g/mol. The third-order valence-corrected chi connectivity index (χ3v) is 3.07. The number of carbonyl (C=O) groups is 2. The van der Waals surface area contributed by atoms with Crippen molar-refractivity contribution >= 4 is 17.3 Å². The molecule has 0 bridgehead atoms. The van der Waals surface area contributed by atoms with Crippen molar-refractivity contribution in [1.29, 1.82) is 0 Å². The quantitative estimate of drug-likeness (QED) is 0.826. The first kappa shape index (κ1) is 13.5. The molecule has 1 aromatic rings. The molecule has 0 aromatic heterocycles. The highest BCUT2D eigenvalue weighted by atomic mass is 16.2. The molecule has 0 atom stereocenters. The molecule has 1 aliphatic heterocycles. The van der Waals surface area contributed by atoms with Crippen LogP contribution in [0.25, 0.3) is 5.57 Å². The average Bonchev–Trinajstić information content (AvgIpc) is 2.46. The number of hydrogen-bond donors (Lipinski definition) is 1. The highest BCUT2D eigenvalue weighted by molar-refractivity contribution is 6.23. The summed E-state index contributed by atoms with van der Waals surface area (Å²) >= 11 is 0. The first-order valence-electron chi connectivity index (χ1n) is 6.46. The van der Waals surface area contributed by atoms with E-state index in [2.05, 4.69) is 5.32 Å². The molecule has 1 amide bonds. The number of carbonyl (C=O) groups excluding carboxylic acids is 2. The molecule has 0 radical (unpaired) electrons. The molecule has 100 valence electrons. The van der Waals surface area contributed by atoms with E-state index in [0.717, 1.165) is 18.7 Å². The van der Waals surface area contributed by atoms with Gasteiger partial charge in [0.1, 0.15) is 0 Å². The minimum absolute atomic E-state index is 0.0668. The van der Waals surface area contributed by atoms with E-state index in [1.165, 1.54) is 13.0 Å². The van der Waals surface area contributed by atoms with Crippen LogP contribution < -0.4 is 5.32 Å². The number of allylic oxidation sites excluding steroid dienone is 1. The fourth-order valence-electron chi connectivity index (χ4n) is 2.13. The second kappa shape index (κ2) is 6.29. The standard InChI is InChI=1S/C15H18N2O2/c1-12(18)11-14(13-5-3-2-4-6-13)15(19)17-9-7-16-8-10-17/h2-6,11,16H,7-10H2,1H3. The van der Waals surface area contributed by atoms with Gasteiger partial charge in [0.05, 0.1) is 5.57 Å². The summed E-state index contributed by atoms with van der Waals surface area (Å²) in [4.78, 5) is 25.7. The number of benzene rings is 1. The Balaban J connectivity index is 2.28. The summed E-state index contributed by atoms with van der Waals surface area (Å²) in [7, 11) is 0. The second-order valence-corrected chi connectivity index (χ2v) is 4.58. The smallest absolute Gasteiger partial charge is 0.254 e. The first-order valence-corrected chi connectivity index (χ1v) is 6.46. The van der Waals surface area contributed by atoms with Crippen LogP contribution in [0.3, 0.4) is 0 Å². The SMILES string of the molecule is CC(=O)C=C(C(=O)N1CCNCC1)c1ccccc1. The monoisotopic (exact) mass is 258 g/mol. The van der Waals surface area contributed by atoms with Crippen molar-refractivity contribution < 1.29 is 9.59 Å². The predicted octanol–water partition coefficient (Wildman–Crippen LogP) is 1.09. The van der Waals surface area contributed by atoms with Gasteiger partial charge in [0.15, 0.2) is 5.78 Å². The van der Waals surface area contributed by atoms with E-state index in [9.17, 15) is 9.59 Å². The summed E-state index contributed by atoms with van der Waals surface area (Å²) in [5.74, 6) is -0.176. The van der Waals surface area contributed by atoms with Gasteiger partial charge in [-0.3, -0.25) is 9.59 Å². The van der Waals surface area contributed by atoms with Crippen molar-refractivity contribution in [2.75, 3.05) is 26.2 Å². The van der Waals surface area contributed by atoms with Crippen LogP contribution in [0.2, 0.25) is 0 Å². The molecule has 0 aliphatic carbocycles. The van der Waals surface area contributed by atoms with Crippen LogP contribution in [0.5, 0.6) is 0 Å². The molecule has 1 N–H and O–H groups in total. The first-order chi connectivity index (χ1) is 9.18. The van der Waals surface area contributed by atoms with E-state index in [-0.39, 0.29) is 11.7 Å². The largest absolute Gasteiger partial charge is 0.336 e. The zero-order valence-electron chi connectivity index (χ0n) is 11.1. The van der Waals surface area contributed by atoms with Gasteiger partial charge < -0.3 is 10.2 Å². The minimum atomic E-state index is -0.109. The van der Waals surface area contributed by atoms with E-state index in [4.69, 9.17) is 0 Å². The van der Waals surface area contributed by atoms with Crippen molar-refractivity contribution in [3.05, 3.63) is 42.0 Å². The Hall–Kier alpha value is -1.94. The zero-order chi connectivity index (χ0) is 13.7. The van der Waals surface area contributed by atoms with E-state index >= 15 is 0 Å². The Morgan fingerprint density at radius 3 is 2.37 bits per heavy atom. The number of rotatable bonds is 3. The Kier molecular flexibility index (Phi) is 4.47. The van der Waals surface area contributed by atoms with Crippen LogP contribution in [-0.2, 0) is 9.59 Å². The van der Waals surface area contributed by atoms with Gasteiger partial charge in [-0.25, -0.2) is 0 Å². The van der Waals surface area contributed by atoms with Crippen molar-refractivity contribution in [2.24, 2.45) is 0 Å². The zero-order valence-corrected chi connectivity index (χ0v) is 11.1. The van der Waals surface area contributed by atoms with Crippen molar-refractivity contribution in [3.8, 4) is 0 Å². The summed E-state index contributed by atoms with van der Waals surface area (Å²) in [5.41, 5.74) is 1.27. The topological polar surface area (TPSA) is 49.4 Å². The molecule has 4 heteroatoms. The molecule has 1 saturated heterocycles. The molecule has 19 heavy (non-hydrogen) atoms. The maximum Gasteiger partial charge on any atom is 0.254 e. The van der Waals surface area contributed by atoms with Gasteiger partial charge in [0.25, 0.3) is 5.91 Å². The van der Waals surface area contributed by atoms with E-state index < -0.39 is 0 Å². The fraction of sp³-hybridized carbons (Fsp3) is 0.333. The lowest BCUT2D eigenvalue weighted by Gasteiger charge is -2.28. The van der Waals surface area contributed by atoms with E-state index in [1.54, 1.807) is 4.90 Å². The lowest BCUT2D eigenvalue weighted by atomic mass is 10.0. The molecule has 2 rings (SSSR count). The number of nitrogens with one attached hydrogen (secondary N) is 1. The van der Waals surface area contributed by atoms with Crippen LogP contribution in [0, 0.1) is 0 Å². The van der Waals surface area contributed by atoms with Gasteiger partial charge in [-0.1, -0.05) is 30.3 Å². The maximum absolute atomic E-state index is 12.5. The van der Waals surface area contributed by atoms with Gasteiger partial charge in [-0.2, -0.15) is 0 Å². The van der Waals surface area contributed by atoms with Gasteiger partial charge in [-0.05, 0) is 18.6 Å². The third kappa shape index (κ3) is 3.51. The summed E-state index contributed by atoms with van der Waals surface area (Å²) in [6.45, 7) is 4.43. The van der Waals surface area contributed by atoms with Gasteiger partial charge in [0, 0.05) is 26.2 Å². The van der Waals surface area contributed by atoms with Gasteiger partial charge in [-0.15, -0.1) is 0 Å². The highest BCUT2D eigenvalue weighted by Gasteiger charge is 2.21.